The summed E-state index contributed by atoms with van der Waals surface area (Å²) < 4.78 is 110. The number of fused-ring (bicyclic) bond motifs is 5. The topological polar surface area (TPSA) is 468 Å². The van der Waals surface area contributed by atoms with E-state index in [9.17, 15) is 34.1 Å². The standard InChI is InChI=1S/C17H24N5O7PS.C17H22N5O7P.C12H13N5O4.Cl2H2O2P2/c1-2-25-4-3-5-26-30(24)27-7-10-13(29-30)12(23)17(28-10)22-6-9(15(19)31)11-14(18)20-8-21-16(11)22;1-3-25-5-4-6-26-30(24)27-8-11-14(29-30)13(23)17(28-11)22-7-10(19-2)12-15(18)20-9-21-16(12)22;1-14-5-2-17(11-7(5)10(13)15-4-16-11)12-9(20)8(19)6(3-18)21-12;1-6(2,3)4-5/h6,8,10,12-13,17,23H,2-5,7H2,1H3,(H2,19,31)(H2,18,20,21);7,9,11,13-14,17,23H,3-6,8H2,1H3,(H2,18,20,21);2,4,6,8-9,12,18-20H,3H2,(H2,13,15,16);5H2/t10-,12-,13-,17-,30?;11-,13-,14-,17-,30?;6-,8-,9-,12-;/m111./s1/i;;;5D. The van der Waals surface area contributed by atoms with E-state index in [-0.39, 0.29) is 60.2 Å². The molecule has 5 fully saturated rings. The first kappa shape index (κ1) is 67.5. The van der Waals surface area contributed by atoms with Gasteiger partial charge < -0.3 is 85.9 Å². The van der Waals surface area contributed by atoms with Crippen molar-refractivity contribution in [1.82, 2.24) is 43.6 Å². The molecule has 0 aromatic carbocycles. The third-order valence-electron chi connectivity index (χ3n) is 13.5. The van der Waals surface area contributed by atoms with Gasteiger partial charge in [-0.3, -0.25) is 36.0 Å². The second kappa shape index (κ2) is 30.1. The molecule has 5 aliphatic heterocycles. The van der Waals surface area contributed by atoms with Crippen LogP contribution in [0.2, 0.25) is 0 Å². The number of rotatable bonds is 19. The van der Waals surface area contributed by atoms with E-state index in [1.54, 1.807) is 10.8 Å². The Kier molecular flexibility index (Phi) is 23.1. The van der Waals surface area contributed by atoms with Crippen molar-refractivity contribution in [3.63, 3.8) is 0 Å². The summed E-state index contributed by atoms with van der Waals surface area (Å²) in [6.45, 7) is 20.1. The maximum absolute atomic E-state index is 12.8. The molecule has 3 unspecified atom stereocenters. The minimum absolute atomic E-state index is 0.0700. The molecule has 0 bridgehead atoms. The van der Waals surface area contributed by atoms with Gasteiger partial charge >= 0.3 is 21.7 Å². The minimum atomic E-state index is -3.85. The quantitative estimate of drug-likeness (QED) is 0.0237. The molecule has 35 nitrogen and oxygen atoms in total. The molecule has 5 saturated heterocycles. The lowest BCUT2D eigenvalue weighted by Crippen LogP contribution is -2.39. The van der Waals surface area contributed by atoms with Crippen LogP contribution in [-0.2, 0) is 68.8 Å². The highest BCUT2D eigenvalue weighted by Gasteiger charge is 2.55. The van der Waals surface area contributed by atoms with Crippen LogP contribution in [0.3, 0.4) is 0 Å². The molecule has 0 aliphatic carbocycles. The molecule has 480 valence electrons. The van der Waals surface area contributed by atoms with Crippen molar-refractivity contribution >= 4 is 133 Å². The van der Waals surface area contributed by atoms with E-state index in [0.717, 1.165) is 0 Å². The summed E-state index contributed by atoms with van der Waals surface area (Å²) in [5.74, 6) is 0.497. The number of hydrogen-bond donors (Lipinski definition) is 9. The molecular formula is C46H61Cl2N15O20P4S. The fourth-order valence-corrected chi connectivity index (χ4v) is 12.6. The third kappa shape index (κ3) is 15.4. The van der Waals surface area contributed by atoms with Gasteiger partial charge in [0.25, 0.3) is 0 Å². The Morgan fingerprint density at radius 2 is 1.14 bits per heavy atom. The number of anilines is 3. The Balaban J connectivity index is 0.000000166. The maximum atomic E-state index is 12.8. The van der Waals surface area contributed by atoms with E-state index in [0.29, 0.717) is 77.9 Å². The van der Waals surface area contributed by atoms with E-state index in [1.165, 1.54) is 40.5 Å². The van der Waals surface area contributed by atoms with Crippen LogP contribution in [0.5, 0.6) is 0 Å². The smallest absolute Gasteiger partial charge is 0.394 e. The summed E-state index contributed by atoms with van der Waals surface area (Å²) in [5.41, 5.74) is 25.4. The highest BCUT2D eigenvalue weighted by atomic mass is 35.9. The van der Waals surface area contributed by atoms with Crippen LogP contribution in [-0.4, -0.2) is 190 Å². The van der Waals surface area contributed by atoms with Crippen LogP contribution in [0.4, 0.5) is 28.8 Å². The lowest BCUT2D eigenvalue weighted by molar-refractivity contribution is -0.0710. The van der Waals surface area contributed by atoms with Crippen LogP contribution in [0.15, 0.2) is 37.6 Å². The molecule has 6 aromatic heterocycles. The summed E-state index contributed by atoms with van der Waals surface area (Å²) in [5, 5.41) is 52.0. The predicted molar refractivity (Wildman–Crippen MR) is 318 cm³/mol. The monoisotopic (exact) mass is 1370 g/mol. The largest absolute Gasteiger partial charge is 0.475 e. The number of phosphoric acid groups is 2. The molecule has 6 aromatic rings. The molecule has 88 heavy (non-hydrogen) atoms. The van der Waals surface area contributed by atoms with E-state index in [1.807, 2.05) is 13.8 Å². The zero-order chi connectivity index (χ0) is 64.5. The number of aromatic nitrogens is 9. The van der Waals surface area contributed by atoms with Gasteiger partial charge in [0.2, 0.25) is 11.4 Å². The predicted octanol–water partition coefficient (Wildman–Crippen LogP) is 4.22. The highest BCUT2D eigenvalue weighted by Crippen LogP contribution is 2.60. The molecule has 5 aliphatic rings. The number of phosphoric ester groups is 2. The highest BCUT2D eigenvalue weighted by molar-refractivity contribution is 8.06. The number of thiocarbonyl (C=S) groups is 1. The van der Waals surface area contributed by atoms with Gasteiger partial charge in [0, 0.05) is 60.0 Å². The number of aliphatic hydroxyl groups excluding tert-OH is 5. The minimum Gasteiger partial charge on any atom is -0.394 e. The van der Waals surface area contributed by atoms with E-state index in [4.69, 9.17) is 128 Å². The van der Waals surface area contributed by atoms with Gasteiger partial charge in [-0.15, -0.1) is 0 Å². The Hall–Kier alpha value is -4.85. The summed E-state index contributed by atoms with van der Waals surface area (Å²) >= 11 is 14.7. The van der Waals surface area contributed by atoms with E-state index >= 15 is 0 Å². The number of ether oxygens (including phenoxy) is 5. The molecule has 11 rings (SSSR count). The fourth-order valence-electron chi connectivity index (χ4n) is 9.55. The second-order valence-corrected chi connectivity index (χ2v) is 27.4. The zero-order valence-corrected chi connectivity index (χ0v) is 52.3. The van der Waals surface area contributed by atoms with Crippen LogP contribution in [0.1, 0.15) is 50.9 Å². The van der Waals surface area contributed by atoms with Crippen LogP contribution >= 0.6 is 65.8 Å². The Morgan fingerprint density at radius 3 is 1.51 bits per heavy atom. The van der Waals surface area contributed by atoms with Crippen LogP contribution in [0, 0.1) is 13.1 Å². The van der Waals surface area contributed by atoms with Crippen molar-refractivity contribution in [2.45, 2.75) is 100 Å². The number of nitrogens with zero attached hydrogens (tertiary/aromatic N) is 11. The van der Waals surface area contributed by atoms with Gasteiger partial charge in [-0.25, -0.2) is 48.7 Å². The van der Waals surface area contributed by atoms with Gasteiger partial charge in [-0.05, 0) is 49.2 Å². The number of hydrogen-bond acceptors (Lipinski definition) is 30. The second-order valence-electron chi connectivity index (χ2n) is 19.0. The lowest BCUT2D eigenvalue weighted by Gasteiger charge is -2.30. The van der Waals surface area contributed by atoms with Crippen molar-refractivity contribution in [3.8, 4) is 0 Å². The Bertz CT molecular complexity index is 3700. The average molecular weight is 1370 g/mol. The third-order valence-corrected chi connectivity index (χ3v) is 18.8. The molecule has 0 amide bonds. The molecule has 11 heterocycles. The van der Waals surface area contributed by atoms with Gasteiger partial charge in [0.15, 0.2) is 18.7 Å². The first-order valence-electron chi connectivity index (χ1n) is 26.8. The van der Waals surface area contributed by atoms with Gasteiger partial charge in [0.1, 0.15) is 113 Å². The van der Waals surface area contributed by atoms with Crippen LogP contribution in [0.25, 0.3) is 42.8 Å². The summed E-state index contributed by atoms with van der Waals surface area (Å²) in [4.78, 5) is 31.1. The molecule has 13 N–H and O–H groups in total. The van der Waals surface area contributed by atoms with Crippen molar-refractivity contribution in [2.75, 3.05) is 76.7 Å². The average Bonchev–Trinajstić information content (AvgIpc) is 1.66. The van der Waals surface area contributed by atoms with Gasteiger partial charge in [-0.1, -0.05) is 12.2 Å². The van der Waals surface area contributed by atoms with Crippen molar-refractivity contribution in [3.05, 3.63) is 66.0 Å². The Morgan fingerprint density at radius 1 is 0.716 bits per heavy atom. The first-order valence-corrected chi connectivity index (χ1v) is 33.5. The van der Waals surface area contributed by atoms with E-state index < -0.39 is 111 Å². The molecular weight excluding hydrogens is 1310 g/mol. The maximum Gasteiger partial charge on any atom is 0.475 e. The lowest BCUT2D eigenvalue weighted by atomic mass is 10.1. The SMILES string of the molecule is CCOCCCOP1(=O)OC[C@H]2O[C@@H](n3cc(C(N)=S)c4c(N)ncnc43)[C@H](O)[C@@H]2O1.[2H]POP(=O)(Cl)Cl.[C-]#[N+]c1cn([C@@H]2O[C@@H]3COP(=O)(OCCCOCC)O[C@H]3[C@H]2O)c2ncnc(N)c12.[C-]#[N+]c1cn([C@@H]2O[C@H](CO)[C@@H](O)[C@H]2O)c2ncnc(N)c12. The van der Waals surface area contributed by atoms with Crippen LogP contribution < -0.4 is 22.9 Å². The molecule has 0 radical (unpaired) electrons. The molecule has 42 heteroatoms. The summed E-state index contributed by atoms with van der Waals surface area (Å²) in [6, 6.07) is 0. The molecule has 15 atom stereocenters. The normalized spacial score (nSPS) is 29.3. The van der Waals surface area contributed by atoms with Crippen molar-refractivity contribution in [1.29, 1.82) is 1.28 Å². The van der Waals surface area contributed by atoms with Crippen molar-refractivity contribution < 1.29 is 94.4 Å². The molecule has 0 saturated carbocycles. The fraction of sp³-hybridized carbons (Fsp3) is 0.543. The Labute approximate surface area is 518 Å². The number of nitrogens with two attached hydrogens (primary N) is 4. The van der Waals surface area contributed by atoms with Gasteiger partial charge in [-0.2, -0.15) is 0 Å². The zero-order valence-electron chi connectivity index (χ0n) is 47.3. The van der Waals surface area contributed by atoms with Crippen molar-refractivity contribution in [2.24, 2.45) is 5.73 Å². The van der Waals surface area contributed by atoms with Gasteiger partial charge in [0.05, 0.1) is 63.6 Å². The van der Waals surface area contributed by atoms with E-state index in [2.05, 4.69) is 43.9 Å². The number of aliphatic hydroxyl groups is 5. The number of nitrogen functional groups attached to an aromatic ring is 3. The summed E-state index contributed by atoms with van der Waals surface area (Å²) in [7, 11) is -8.36. The molecule has 0 spiro atoms. The number of halogens is 2. The summed E-state index contributed by atoms with van der Waals surface area (Å²) in [6.07, 6.45) is -5.88. The first-order chi connectivity index (χ1) is 42.5.